The third kappa shape index (κ3) is 6.64. The predicted molar refractivity (Wildman–Crippen MR) is 155 cm³/mol. The summed E-state index contributed by atoms with van der Waals surface area (Å²) in [4.78, 5) is 29.8. The summed E-state index contributed by atoms with van der Waals surface area (Å²) in [6.07, 6.45) is -0.0756. The van der Waals surface area contributed by atoms with Gasteiger partial charge in [-0.1, -0.05) is 36.4 Å². The molecular formula is C31H37N2O5S+. The number of likely N-dealkylation sites (N-methyl/N-ethyl adjacent to an activating group) is 2. The number of carbonyl (C=O) groups excluding carboxylic acids is 2. The summed E-state index contributed by atoms with van der Waals surface area (Å²) in [6.45, 7) is 3.42. The number of thioether (sulfide) groups is 1. The molecule has 0 fully saturated rings. The molecule has 3 aromatic carbocycles. The van der Waals surface area contributed by atoms with E-state index in [1.807, 2.05) is 67.7 Å². The van der Waals surface area contributed by atoms with Crippen molar-refractivity contribution in [2.24, 2.45) is 0 Å². The second kappa shape index (κ2) is 12.7. The third-order valence-corrected chi connectivity index (χ3v) is 8.61. The molecule has 0 bridgehead atoms. The number of quaternary nitrogens is 1. The molecule has 0 N–H and O–H groups in total. The standard InChI is InChI=1S/C31H37N2O5S/c1-22(34)38-29-30(24-13-15-25(36-4)16-14-24)39-28-12-7-6-11-27(28)33(3,31(29)35)20-19-32(2)18-17-23-9-8-10-26(21-23)37-5/h6-16,21,29-30H,17-20H2,1-5H3/q+1/t29-,30+,33+/m0/s1. The fraction of sp³-hybridized carbons (Fsp3) is 0.355. The highest BCUT2D eigenvalue weighted by atomic mass is 32.2. The lowest BCUT2D eigenvalue weighted by Crippen LogP contribution is -2.58. The maximum absolute atomic E-state index is 14.4. The van der Waals surface area contributed by atoms with Crippen molar-refractivity contribution in [1.82, 2.24) is 9.38 Å². The molecule has 1 aliphatic rings. The van der Waals surface area contributed by atoms with Crippen molar-refractivity contribution in [3.05, 3.63) is 83.9 Å². The first-order valence-electron chi connectivity index (χ1n) is 13.0. The topological polar surface area (TPSA) is 65.1 Å². The second-order valence-corrected chi connectivity index (χ2v) is 11.2. The number of hydrogen-bond acceptors (Lipinski definition) is 7. The van der Waals surface area contributed by atoms with Gasteiger partial charge in [0.2, 0.25) is 6.10 Å². The first-order chi connectivity index (χ1) is 18.7. The van der Waals surface area contributed by atoms with Gasteiger partial charge in [0.15, 0.2) is 5.69 Å². The van der Waals surface area contributed by atoms with Gasteiger partial charge in [-0.2, -0.15) is 0 Å². The third-order valence-electron chi connectivity index (χ3n) is 7.24. The van der Waals surface area contributed by atoms with Crippen LogP contribution in [0.25, 0.3) is 0 Å². The minimum Gasteiger partial charge on any atom is -0.497 e. The summed E-state index contributed by atoms with van der Waals surface area (Å²) in [5, 5.41) is -0.390. The van der Waals surface area contributed by atoms with E-state index in [4.69, 9.17) is 14.2 Å². The van der Waals surface area contributed by atoms with Crippen LogP contribution in [0.4, 0.5) is 5.69 Å². The lowest BCUT2D eigenvalue weighted by atomic mass is 10.0. The van der Waals surface area contributed by atoms with Crippen molar-refractivity contribution in [2.45, 2.75) is 29.6 Å². The van der Waals surface area contributed by atoms with Gasteiger partial charge in [-0.15, -0.1) is 11.8 Å². The summed E-state index contributed by atoms with van der Waals surface area (Å²) in [7, 11) is 7.29. The first kappa shape index (κ1) is 28.7. The van der Waals surface area contributed by atoms with E-state index >= 15 is 0 Å². The molecule has 7 nitrogen and oxygen atoms in total. The lowest BCUT2D eigenvalue weighted by Gasteiger charge is -2.34. The fourth-order valence-electron chi connectivity index (χ4n) is 4.88. The molecule has 4 rings (SSSR count). The molecule has 3 atom stereocenters. The van der Waals surface area contributed by atoms with Gasteiger partial charge in [-0.25, -0.2) is 9.28 Å². The van der Waals surface area contributed by atoms with Crippen LogP contribution in [-0.4, -0.2) is 70.8 Å². The number of carbonyl (C=O) groups is 2. The number of esters is 1. The second-order valence-electron chi connectivity index (χ2n) is 9.97. The minimum atomic E-state index is -0.944. The number of benzene rings is 3. The number of hydrogen-bond donors (Lipinski definition) is 0. The summed E-state index contributed by atoms with van der Waals surface area (Å²) >= 11 is 1.57. The molecule has 8 heteroatoms. The van der Waals surface area contributed by atoms with Crippen LogP contribution in [0.5, 0.6) is 11.5 Å². The largest absolute Gasteiger partial charge is 0.497 e. The average Bonchev–Trinajstić information content (AvgIpc) is 3.04. The van der Waals surface area contributed by atoms with Gasteiger partial charge < -0.3 is 19.1 Å². The highest BCUT2D eigenvalue weighted by Gasteiger charge is 2.50. The molecule has 0 aliphatic carbocycles. The Balaban J connectivity index is 1.60. The summed E-state index contributed by atoms with van der Waals surface area (Å²) < 4.78 is 16.5. The van der Waals surface area contributed by atoms with Crippen LogP contribution in [0.2, 0.25) is 0 Å². The quantitative estimate of drug-likeness (QED) is 0.257. The Bertz CT molecular complexity index is 1300. The van der Waals surface area contributed by atoms with Gasteiger partial charge in [-0.3, -0.25) is 4.79 Å². The van der Waals surface area contributed by atoms with Gasteiger partial charge in [0.25, 0.3) is 0 Å². The highest BCUT2D eigenvalue weighted by Crippen LogP contribution is 2.48. The molecule has 0 radical (unpaired) electrons. The Morgan fingerprint density at radius 1 is 0.949 bits per heavy atom. The molecule has 206 valence electrons. The normalized spacial score (nSPS) is 20.7. The Morgan fingerprint density at radius 3 is 2.36 bits per heavy atom. The highest BCUT2D eigenvalue weighted by molar-refractivity contribution is 7.99. The van der Waals surface area contributed by atoms with Crippen molar-refractivity contribution < 1.29 is 23.8 Å². The van der Waals surface area contributed by atoms with Gasteiger partial charge in [0, 0.05) is 26.1 Å². The smallest absolute Gasteiger partial charge is 0.361 e. The van der Waals surface area contributed by atoms with E-state index in [9.17, 15) is 9.59 Å². The Kier molecular flexibility index (Phi) is 9.32. The van der Waals surface area contributed by atoms with Gasteiger partial charge in [0.05, 0.1) is 31.4 Å². The Morgan fingerprint density at radius 2 is 1.67 bits per heavy atom. The van der Waals surface area contributed by atoms with Crippen LogP contribution in [0.1, 0.15) is 23.3 Å². The molecule has 0 saturated carbocycles. The maximum atomic E-state index is 14.4. The van der Waals surface area contributed by atoms with Gasteiger partial charge >= 0.3 is 11.9 Å². The van der Waals surface area contributed by atoms with Crippen LogP contribution in [0.3, 0.4) is 0 Å². The van der Waals surface area contributed by atoms with E-state index < -0.39 is 12.1 Å². The number of para-hydroxylation sites is 1. The first-order valence-corrected chi connectivity index (χ1v) is 13.9. The van der Waals surface area contributed by atoms with Crippen molar-refractivity contribution in [3.63, 3.8) is 0 Å². The maximum Gasteiger partial charge on any atom is 0.361 e. The summed E-state index contributed by atoms with van der Waals surface area (Å²) in [6, 6.07) is 23.7. The van der Waals surface area contributed by atoms with Gasteiger partial charge in [0.1, 0.15) is 18.0 Å². The summed E-state index contributed by atoms with van der Waals surface area (Å²) in [5.41, 5.74) is 3.02. The molecule has 3 aromatic rings. The average molecular weight is 550 g/mol. The molecule has 0 saturated heterocycles. The molecule has 0 spiro atoms. The lowest BCUT2D eigenvalue weighted by molar-refractivity contribution is -0.157. The fourth-order valence-corrected chi connectivity index (χ4v) is 6.29. The minimum absolute atomic E-state index is 0.0390. The molecule has 0 aromatic heterocycles. The van der Waals surface area contributed by atoms with E-state index in [-0.39, 0.29) is 15.6 Å². The Hall–Kier alpha value is -3.33. The molecule has 1 heterocycles. The van der Waals surface area contributed by atoms with Crippen molar-refractivity contribution in [2.75, 3.05) is 47.9 Å². The van der Waals surface area contributed by atoms with Crippen LogP contribution < -0.4 is 14.0 Å². The van der Waals surface area contributed by atoms with Gasteiger partial charge in [-0.05, 0) is 54.9 Å². The van der Waals surface area contributed by atoms with Crippen LogP contribution in [0.15, 0.2) is 77.7 Å². The van der Waals surface area contributed by atoms with Crippen LogP contribution in [0, 0.1) is 0 Å². The van der Waals surface area contributed by atoms with E-state index in [1.54, 1.807) is 26.0 Å². The molecule has 39 heavy (non-hydrogen) atoms. The van der Waals surface area contributed by atoms with Crippen molar-refractivity contribution >= 4 is 29.3 Å². The Labute approximate surface area is 235 Å². The monoisotopic (exact) mass is 549 g/mol. The SMILES string of the molecule is COc1ccc([C@H]2Sc3ccccc3[N@@+](C)(CCN(C)CCc3cccc(OC)c3)C(=O)[C@H]2OC(C)=O)cc1. The number of nitrogens with zero attached hydrogens (tertiary/aromatic N) is 2. The van der Waals surface area contributed by atoms with Crippen LogP contribution in [-0.2, 0) is 20.7 Å². The predicted octanol–water partition coefficient (Wildman–Crippen LogP) is 5.12. The van der Waals surface area contributed by atoms with E-state index in [2.05, 4.69) is 24.1 Å². The zero-order valence-corrected chi connectivity index (χ0v) is 24.1. The summed E-state index contributed by atoms with van der Waals surface area (Å²) in [5.74, 6) is 0.969. The van der Waals surface area contributed by atoms with Crippen molar-refractivity contribution in [3.8, 4) is 11.5 Å². The molecule has 1 aliphatic heterocycles. The van der Waals surface area contributed by atoms with E-state index in [0.717, 1.165) is 40.6 Å². The molecule has 0 unspecified atom stereocenters. The molecule has 1 amide bonds. The number of amides is 1. The molecular weight excluding hydrogens is 512 g/mol. The zero-order valence-electron chi connectivity index (χ0n) is 23.3. The number of methoxy groups -OCH3 is 2. The van der Waals surface area contributed by atoms with Crippen LogP contribution >= 0.6 is 11.8 Å². The zero-order chi connectivity index (χ0) is 28.0. The van der Waals surface area contributed by atoms with E-state index in [1.165, 1.54) is 12.5 Å². The van der Waals surface area contributed by atoms with E-state index in [0.29, 0.717) is 13.1 Å². The number of rotatable bonds is 10. The van der Waals surface area contributed by atoms with Crippen molar-refractivity contribution in [1.29, 1.82) is 0 Å². The number of ether oxygens (including phenoxy) is 3. The number of fused-ring (bicyclic) bond motifs is 1.